The number of aliphatic hydroxyl groups is 1. The zero-order chi connectivity index (χ0) is 30.8. The highest BCUT2D eigenvalue weighted by Crippen LogP contribution is 2.37. The molecular formula is C32H33FN4O6. The fraction of sp³-hybridized carbons (Fsp3) is 0.281. The van der Waals surface area contributed by atoms with Gasteiger partial charge < -0.3 is 30.2 Å². The van der Waals surface area contributed by atoms with E-state index in [0.717, 1.165) is 38.6 Å². The number of amides is 1. The van der Waals surface area contributed by atoms with Crippen molar-refractivity contribution in [2.24, 2.45) is 7.05 Å². The van der Waals surface area contributed by atoms with Gasteiger partial charge in [-0.15, -0.1) is 0 Å². The summed E-state index contributed by atoms with van der Waals surface area (Å²) < 4.78 is 27.1. The number of halogens is 1. The number of carbonyl (C=O) groups is 1. The molecule has 1 aromatic heterocycles. The minimum Gasteiger partial charge on any atom is -0.496 e. The van der Waals surface area contributed by atoms with Crippen molar-refractivity contribution in [3.8, 4) is 28.0 Å². The van der Waals surface area contributed by atoms with Crippen molar-refractivity contribution in [2.45, 2.75) is 32.5 Å². The lowest BCUT2D eigenvalue weighted by atomic mass is 9.90. The van der Waals surface area contributed by atoms with Gasteiger partial charge in [0.2, 0.25) is 0 Å². The molecule has 4 N–H and O–H groups in total. The molecule has 1 aliphatic heterocycles. The highest BCUT2D eigenvalue weighted by molar-refractivity contribution is 6.04. The Morgan fingerprint density at radius 2 is 1.79 bits per heavy atom. The first-order valence-electron chi connectivity index (χ1n) is 13.8. The van der Waals surface area contributed by atoms with Gasteiger partial charge >= 0.3 is 5.69 Å². The molecule has 3 aromatic carbocycles. The van der Waals surface area contributed by atoms with Crippen molar-refractivity contribution in [3.05, 3.63) is 104 Å². The molecule has 0 bridgehead atoms. The van der Waals surface area contributed by atoms with Gasteiger partial charge in [-0.1, -0.05) is 30.3 Å². The zero-order valence-electron chi connectivity index (χ0n) is 24.3. The van der Waals surface area contributed by atoms with Crippen LogP contribution in [-0.2, 0) is 18.3 Å². The molecule has 1 fully saturated rings. The second-order valence-electron chi connectivity index (χ2n) is 10.5. The molecule has 1 saturated heterocycles. The number of nitrogens with one attached hydrogen (secondary N) is 3. The number of hydrogen-bond donors (Lipinski definition) is 4. The standard InChI is InChI=1S/C32H33FN4O6/c1-17-20(19-11-25(33)23(29(12-19)42-4)13-34-27-15-43-16-28(27)38)7-5-8-21(17)22-9-6-10-26(18(22)2)36-30(39)24-14-35-32(41)37(3)31(24)40/h5-12,14,27-28,34,38H,13,15-16H2,1-4H3,(H,35,41)(H,36,39)/t27-,28-/m0/s1. The summed E-state index contributed by atoms with van der Waals surface area (Å²) in [5.41, 5.74) is 4.18. The minimum absolute atomic E-state index is 0.169. The molecule has 10 nitrogen and oxygen atoms in total. The SMILES string of the molecule is COc1cc(-c2cccc(-c3cccc(NC(=O)c4c[nH]c(=O)n(C)c4=O)c3C)c2C)cc(F)c1CN[C@H]1COC[C@@H]1O. The second kappa shape index (κ2) is 12.3. The maximum atomic E-state index is 15.5. The number of aromatic nitrogens is 2. The fourth-order valence-electron chi connectivity index (χ4n) is 5.31. The number of hydrogen-bond acceptors (Lipinski definition) is 7. The lowest BCUT2D eigenvalue weighted by Gasteiger charge is -2.19. The molecule has 11 heteroatoms. The van der Waals surface area contributed by atoms with E-state index in [-0.39, 0.29) is 24.8 Å². The van der Waals surface area contributed by atoms with Crippen molar-refractivity contribution < 1.29 is 23.8 Å². The van der Waals surface area contributed by atoms with E-state index in [9.17, 15) is 19.5 Å². The molecule has 0 saturated carbocycles. The van der Waals surface area contributed by atoms with E-state index in [0.29, 0.717) is 29.2 Å². The smallest absolute Gasteiger partial charge is 0.328 e. The van der Waals surface area contributed by atoms with Crippen molar-refractivity contribution in [1.82, 2.24) is 14.9 Å². The largest absolute Gasteiger partial charge is 0.496 e. The maximum Gasteiger partial charge on any atom is 0.328 e. The lowest BCUT2D eigenvalue weighted by molar-refractivity contribution is 0.102. The maximum absolute atomic E-state index is 15.5. The first-order chi connectivity index (χ1) is 20.6. The van der Waals surface area contributed by atoms with E-state index < -0.39 is 29.1 Å². The molecule has 0 aliphatic carbocycles. The molecule has 43 heavy (non-hydrogen) atoms. The summed E-state index contributed by atoms with van der Waals surface area (Å²) in [5.74, 6) is -0.695. The average molecular weight is 589 g/mol. The molecular weight excluding hydrogens is 555 g/mol. The molecule has 0 radical (unpaired) electrons. The summed E-state index contributed by atoms with van der Waals surface area (Å²) in [6.45, 7) is 4.57. The van der Waals surface area contributed by atoms with E-state index in [4.69, 9.17) is 9.47 Å². The van der Waals surface area contributed by atoms with Crippen LogP contribution in [0.25, 0.3) is 22.3 Å². The van der Waals surface area contributed by atoms with Gasteiger partial charge in [-0.3, -0.25) is 14.2 Å². The highest BCUT2D eigenvalue weighted by Gasteiger charge is 2.26. The fourth-order valence-corrected chi connectivity index (χ4v) is 5.31. The number of aromatic amines is 1. The van der Waals surface area contributed by atoms with Crippen LogP contribution >= 0.6 is 0 Å². The van der Waals surface area contributed by atoms with E-state index in [1.165, 1.54) is 20.2 Å². The van der Waals surface area contributed by atoms with Gasteiger partial charge in [-0.2, -0.15) is 0 Å². The Kier molecular flexibility index (Phi) is 8.58. The lowest BCUT2D eigenvalue weighted by Crippen LogP contribution is -2.38. The van der Waals surface area contributed by atoms with Gasteiger partial charge in [0.1, 0.15) is 17.1 Å². The summed E-state index contributed by atoms with van der Waals surface area (Å²) in [5, 5.41) is 15.9. The molecule has 4 aromatic rings. The van der Waals surface area contributed by atoms with Gasteiger partial charge in [-0.25, -0.2) is 9.18 Å². The predicted octanol–water partition coefficient (Wildman–Crippen LogP) is 3.27. The number of methoxy groups -OCH3 is 1. The third-order valence-corrected chi connectivity index (χ3v) is 7.91. The summed E-state index contributed by atoms with van der Waals surface area (Å²) in [7, 11) is 2.79. The van der Waals surface area contributed by atoms with Crippen LogP contribution in [0, 0.1) is 19.7 Å². The van der Waals surface area contributed by atoms with Gasteiger partial charge in [0.15, 0.2) is 0 Å². The molecule has 2 atom stereocenters. The molecule has 1 amide bonds. The number of anilines is 1. The molecule has 0 unspecified atom stereocenters. The summed E-state index contributed by atoms with van der Waals surface area (Å²) in [4.78, 5) is 39.5. The molecule has 5 rings (SSSR count). The van der Waals surface area contributed by atoms with Crippen molar-refractivity contribution >= 4 is 11.6 Å². The van der Waals surface area contributed by atoms with E-state index in [1.54, 1.807) is 18.2 Å². The van der Waals surface area contributed by atoms with Crippen molar-refractivity contribution in [1.29, 1.82) is 0 Å². The van der Waals surface area contributed by atoms with Gasteiger partial charge in [0, 0.05) is 31.0 Å². The number of nitrogens with zero attached hydrogens (tertiary/aromatic N) is 1. The van der Waals surface area contributed by atoms with Crippen LogP contribution in [0.15, 0.2) is 64.3 Å². The summed E-state index contributed by atoms with van der Waals surface area (Å²) in [6, 6.07) is 14.2. The third kappa shape index (κ3) is 5.87. The molecule has 1 aliphatic rings. The number of H-pyrrole nitrogens is 1. The van der Waals surface area contributed by atoms with Crippen LogP contribution in [0.3, 0.4) is 0 Å². The van der Waals surface area contributed by atoms with Gasteiger partial charge in [0.25, 0.3) is 11.5 Å². The topological polar surface area (TPSA) is 135 Å². The highest BCUT2D eigenvalue weighted by atomic mass is 19.1. The quantitative estimate of drug-likeness (QED) is 0.248. The van der Waals surface area contributed by atoms with Crippen molar-refractivity contribution in [2.75, 3.05) is 25.6 Å². The predicted molar refractivity (Wildman–Crippen MR) is 161 cm³/mol. The van der Waals surface area contributed by atoms with Crippen LogP contribution in [0.5, 0.6) is 5.75 Å². The molecule has 0 spiro atoms. The van der Waals surface area contributed by atoms with Crippen LogP contribution in [0.2, 0.25) is 0 Å². The Bertz CT molecular complexity index is 1820. The first-order valence-corrected chi connectivity index (χ1v) is 13.8. The third-order valence-electron chi connectivity index (χ3n) is 7.91. The van der Waals surface area contributed by atoms with E-state index >= 15 is 4.39 Å². The average Bonchev–Trinajstić information content (AvgIpc) is 3.40. The number of benzene rings is 3. The van der Waals surface area contributed by atoms with Crippen molar-refractivity contribution in [3.63, 3.8) is 0 Å². The van der Waals surface area contributed by atoms with Gasteiger partial charge in [0.05, 0.1) is 32.5 Å². The summed E-state index contributed by atoms with van der Waals surface area (Å²) in [6.07, 6.45) is 0.457. The monoisotopic (exact) mass is 588 g/mol. The summed E-state index contributed by atoms with van der Waals surface area (Å²) >= 11 is 0. The second-order valence-corrected chi connectivity index (χ2v) is 10.5. The van der Waals surface area contributed by atoms with Gasteiger partial charge in [-0.05, 0) is 65.4 Å². The minimum atomic E-state index is -0.701. The van der Waals surface area contributed by atoms with Crippen LogP contribution in [0.1, 0.15) is 27.0 Å². The van der Waals surface area contributed by atoms with Crippen LogP contribution in [-0.4, -0.2) is 53.0 Å². The number of ether oxygens (including phenoxy) is 2. The number of aliphatic hydroxyl groups excluding tert-OH is 1. The Hall–Kier alpha value is -4.58. The Labute approximate surface area is 247 Å². The van der Waals surface area contributed by atoms with Crippen LogP contribution < -0.4 is 26.6 Å². The van der Waals surface area contributed by atoms with E-state index in [2.05, 4.69) is 15.6 Å². The Balaban J connectivity index is 1.45. The normalized spacial score (nSPS) is 16.3. The van der Waals surface area contributed by atoms with Crippen LogP contribution in [0.4, 0.5) is 10.1 Å². The number of rotatable bonds is 8. The first kappa shape index (κ1) is 29.9. The number of carbonyl (C=O) groups excluding carboxylic acids is 1. The van der Waals surface area contributed by atoms with E-state index in [1.807, 2.05) is 38.1 Å². The Morgan fingerprint density at radius 1 is 1.09 bits per heavy atom. The molecule has 2 heterocycles. The molecule has 224 valence electrons. The Morgan fingerprint density at radius 3 is 2.49 bits per heavy atom. The zero-order valence-corrected chi connectivity index (χ0v) is 24.3.